The van der Waals surface area contributed by atoms with E-state index in [1.54, 1.807) is 0 Å². The van der Waals surface area contributed by atoms with Crippen molar-refractivity contribution in [2.75, 3.05) is 0 Å². The maximum absolute atomic E-state index is 12.3. The SMILES string of the molecule is CCn1c(=O)c2ccccc2c2ccccc21. The molecule has 3 aromatic rings. The number of aromatic nitrogens is 1. The molecule has 3 rings (SSSR count). The lowest BCUT2D eigenvalue weighted by Gasteiger charge is -2.10. The van der Waals surface area contributed by atoms with Crippen molar-refractivity contribution in [2.45, 2.75) is 13.5 Å². The molecule has 0 amide bonds. The molecule has 0 radical (unpaired) electrons. The largest absolute Gasteiger partial charge is 0.308 e. The first kappa shape index (κ1) is 10.1. The predicted octanol–water partition coefficient (Wildman–Crippen LogP) is 3.17. The fourth-order valence-electron chi connectivity index (χ4n) is 2.41. The molecule has 1 aromatic heterocycles. The fraction of sp³-hybridized carbons (Fsp3) is 0.133. The molecule has 2 aromatic carbocycles. The van der Waals surface area contributed by atoms with E-state index in [1.807, 2.05) is 54.0 Å². The van der Waals surface area contributed by atoms with Gasteiger partial charge in [-0.1, -0.05) is 36.4 Å². The highest BCUT2D eigenvalue weighted by molar-refractivity contribution is 6.05. The molecule has 0 unspecified atom stereocenters. The maximum Gasteiger partial charge on any atom is 0.258 e. The third-order valence-corrected chi connectivity index (χ3v) is 3.20. The quantitative estimate of drug-likeness (QED) is 0.581. The van der Waals surface area contributed by atoms with Crippen molar-refractivity contribution in [3.8, 4) is 0 Å². The summed E-state index contributed by atoms with van der Waals surface area (Å²) in [4.78, 5) is 12.3. The van der Waals surface area contributed by atoms with Crippen molar-refractivity contribution in [1.82, 2.24) is 4.57 Å². The minimum atomic E-state index is 0.0989. The van der Waals surface area contributed by atoms with Crippen LogP contribution < -0.4 is 5.56 Å². The Labute approximate surface area is 99.1 Å². The molecule has 0 fully saturated rings. The molecule has 0 aliphatic carbocycles. The summed E-state index contributed by atoms with van der Waals surface area (Å²) < 4.78 is 1.83. The van der Waals surface area contributed by atoms with Crippen LogP contribution in [0.3, 0.4) is 0 Å². The van der Waals surface area contributed by atoms with Crippen LogP contribution in [0.4, 0.5) is 0 Å². The van der Waals surface area contributed by atoms with Crippen molar-refractivity contribution >= 4 is 21.7 Å². The van der Waals surface area contributed by atoms with Crippen molar-refractivity contribution < 1.29 is 0 Å². The van der Waals surface area contributed by atoms with E-state index in [0.29, 0.717) is 6.54 Å². The van der Waals surface area contributed by atoms with Gasteiger partial charge in [-0.15, -0.1) is 0 Å². The Kier molecular flexibility index (Phi) is 2.22. The second-order valence-corrected chi connectivity index (χ2v) is 4.11. The molecule has 0 bridgehead atoms. The molecule has 0 saturated carbocycles. The monoisotopic (exact) mass is 223 g/mol. The Morgan fingerprint density at radius 3 is 2.18 bits per heavy atom. The first-order chi connectivity index (χ1) is 8.33. The summed E-state index contributed by atoms with van der Waals surface area (Å²) in [5.74, 6) is 0. The molecule has 0 spiro atoms. The molecule has 0 N–H and O–H groups in total. The highest BCUT2D eigenvalue weighted by Gasteiger charge is 2.07. The summed E-state index contributed by atoms with van der Waals surface area (Å²) in [5, 5.41) is 2.98. The minimum Gasteiger partial charge on any atom is -0.308 e. The van der Waals surface area contributed by atoms with Gasteiger partial charge in [-0.2, -0.15) is 0 Å². The Morgan fingerprint density at radius 2 is 1.47 bits per heavy atom. The number of benzene rings is 2. The first-order valence-electron chi connectivity index (χ1n) is 5.83. The molecular formula is C15H13NO. The minimum absolute atomic E-state index is 0.0989. The smallest absolute Gasteiger partial charge is 0.258 e. The van der Waals surface area contributed by atoms with Gasteiger partial charge in [0.25, 0.3) is 5.56 Å². The Bertz CT molecular complexity index is 756. The zero-order chi connectivity index (χ0) is 11.8. The summed E-state index contributed by atoms with van der Waals surface area (Å²) in [6, 6.07) is 15.9. The van der Waals surface area contributed by atoms with E-state index in [9.17, 15) is 4.79 Å². The van der Waals surface area contributed by atoms with E-state index in [4.69, 9.17) is 0 Å². The average molecular weight is 223 g/mol. The molecule has 2 heteroatoms. The molecule has 0 aliphatic heterocycles. The van der Waals surface area contributed by atoms with E-state index in [-0.39, 0.29) is 5.56 Å². The van der Waals surface area contributed by atoms with Gasteiger partial charge < -0.3 is 4.57 Å². The molecule has 84 valence electrons. The van der Waals surface area contributed by atoms with Crippen molar-refractivity contribution in [3.63, 3.8) is 0 Å². The first-order valence-corrected chi connectivity index (χ1v) is 5.83. The lowest BCUT2D eigenvalue weighted by molar-refractivity contribution is 0.767. The lowest BCUT2D eigenvalue weighted by atomic mass is 10.1. The summed E-state index contributed by atoms with van der Waals surface area (Å²) >= 11 is 0. The van der Waals surface area contributed by atoms with Gasteiger partial charge in [-0.25, -0.2) is 0 Å². The molecule has 0 saturated heterocycles. The van der Waals surface area contributed by atoms with Gasteiger partial charge in [-0.05, 0) is 24.4 Å². The third-order valence-electron chi connectivity index (χ3n) is 3.20. The van der Waals surface area contributed by atoms with Crippen LogP contribution in [0.25, 0.3) is 21.7 Å². The van der Waals surface area contributed by atoms with Crippen LogP contribution in [0.5, 0.6) is 0 Å². The van der Waals surface area contributed by atoms with Gasteiger partial charge in [0.05, 0.1) is 5.52 Å². The van der Waals surface area contributed by atoms with E-state index in [2.05, 4.69) is 6.07 Å². The Hall–Kier alpha value is -2.09. The van der Waals surface area contributed by atoms with Gasteiger partial charge in [0.15, 0.2) is 0 Å². The zero-order valence-corrected chi connectivity index (χ0v) is 9.68. The zero-order valence-electron chi connectivity index (χ0n) is 9.68. The van der Waals surface area contributed by atoms with Gasteiger partial charge in [-0.3, -0.25) is 4.79 Å². The van der Waals surface area contributed by atoms with Crippen LogP contribution in [-0.4, -0.2) is 4.57 Å². The van der Waals surface area contributed by atoms with Crippen molar-refractivity contribution in [1.29, 1.82) is 0 Å². The number of rotatable bonds is 1. The highest BCUT2D eigenvalue weighted by atomic mass is 16.1. The number of hydrogen-bond acceptors (Lipinski definition) is 1. The maximum atomic E-state index is 12.3. The number of hydrogen-bond donors (Lipinski definition) is 0. The second kappa shape index (κ2) is 3.74. The van der Waals surface area contributed by atoms with Crippen molar-refractivity contribution in [3.05, 3.63) is 58.9 Å². The number of aryl methyl sites for hydroxylation is 1. The van der Waals surface area contributed by atoms with Crippen LogP contribution in [0.15, 0.2) is 53.3 Å². The number of nitrogens with zero attached hydrogens (tertiary/aromatic N) is 1. The number of pyridine rings is 1. The normalized spacial score (nSPS) is 11.1. The molecule has 0 aliphatic rings. The van der Waals surface area contributed by atoms with Gasteiger partial charge in [0.2, 0.25) is 0 Å². The van der Waals surface area contributed by atoms with E-state index in [0.717, 1.165) is 21.7 Å². The lowest BCUT2D eigenvalue weighted by Crippen LogP contribution is -2.19. The summed E-state index contributed by atoms with van der Waals surface area (Å²) in [6.07, 6.45) is 0. The van der Waals surface area contributed by atoms with Crippen molar-refractivity contribution in [2.24, 2.45) is 0 Å². The number of para-hydroxylation sites is 1. The van der Waals surface area contributed by atoms with Gasteiger partial charge >= 0.3 is 0 Å². The molecule has 1 heterocycles. The van der Waals surface area contributed by atoms with Gasteiger partial charge in [0, 0.05) is 17.3 Å². The summed E-state index contributed by atoms with van der Waals surface area (Å²) in [6.45, 7) is 2.70. The van der Waals surface area contributed by atoms with Crippen LogP contribution in [0.1, 0.15) is 6.92 Å². The van der Waals surface area contributed by atoms with E-state index < -0.39 is 0 Å². The average Bonchev–Trinajstić information content (AvgIpc) is 2.40. The van der Waals surface area contributed by atoms with Crippen LogP contribution in [0, 0.1) is 0 Å². The molecule has 17 heavy (non-hydrogen) atoms. The Balaban J connectivity index is 2.69. The van der Waals surface area contributed by atoms with Crippen LogP contribution in [-0.2, 0) is 6.54 Å². The second-order valence-electron chi connectivity index (χ2n) is 4.11. The van der Waals surface area contributed by atoms with Crippen LogP contribution >= 0.6 is 0 Å². The summed E-state index contributed by atoms with van der Waals surface area (Å²) in [7, 11) is 0. The third kappa shape index (κ3) is 1.37. The topological polar surface area (TPSA) is 22.0 Å². The molecule has 2 nitrogen and oxygen atoms in total. The molecule has 0 atom stereocenters. The Morgan fingerprint density at radius 1 is 0.882 bits per heavy atom. The highest BCUT2D eigenvalue weighted by Crippen LogP contribution is 2.22. The summed E-state index contributed by atoms with van der Waals surface area (Å²) in [5.41, 5.74) is 1.11. The fourth-order valence-corrected chi connectivity index (χ4v) is 2.41. The predicted molar refractivity (Wildman–Crippen MR) is 71.4 cm³/mol. The van der Waals surface area contributed by atoms with E-state index >= 15 is 0 Å². The molecular weight excluding hydrogens is 210 g/mol. The number of fused-ring (bicyclic) bond motifs is 3. The standard InChI is InChI=1S/C15H13NO/c1-2-16-14-10-6-5-8-12(14)11-7-3-4-9-13(11)15(16)17/h3-10H,2H2,1H3. The van der Waals surface area contributed by atoms with Crippen LogP contribution in [0.2, 0.25) is 0 Å². The van der Waals surface area contributed by atoms with E-state index in [1.165, 1.54) is 0 Å². The van der Waals surface area contributed by atoms with Gasteiger partial charge in [0.1, 0.15) is 0 Å².